The number of nitrogens with zero attached hydrogens (tertiary/aromatic N) is 1. The Balaban J connectivity index is 2.19. The van der Waals surface area contributed by atoms with Crippen molar-refractivity contribution in [2.75, 3.05) is 30.3 Å². The third kappa shape index (κ3) is 3.31. The second-order valence-electron chi connectivity index (χ2n) is 5.36. The molecule has 2 N–H and O–H groups in total. The van der Waals surface area contributed by atoms with E-state index in [9.17, 15) is 4.39 Å². The SMILES string of the molecule is CCCOc1cc(N2CCC(C)CC2)c(N)cc1F. The first-order valence-corrected chi connectivity index (χ1v) is 7.08. The molecular weight excluding hydrogens is 243 g/mol. The summed E-state index contributed by atoms with van der Waals surface area (Å²) >= 11 is 0. The number of piperidine rings is 1. The first-order valence-electron chi connectivity index (χ1n) is 7.08. The summed E-state index contributed by atoms with van der Waals surface area (Å²) < 4.78 is 19.2. The van der Waals surface area contributed by atoms with Crippen LogP contribution in [0.15, 0.2) is 12.1 Å². The molecule has 0 aromatic heterocycles. The molecule has 4 heteroatoms. The molecule has 0 bridgehead atoms. The quantitative estimate of drug-likeness (QED) is 0.848. The highest BCUT2D eigenvalue weighted by Gasteiger charge is 2.19. The van der Waals surface area contributed by atoms with Gasteiger partial charge in [0.25, 0.3) is 0 Å². The van der Waals surface area contributed by atoms with Crippen molar-refractivity contribution in [3.05, 3.63) is 17.9 Å². The van der Waals surface area contributed by atoms with Crippen LogP contribution in [0.1, 0.15) is 33.1 Å². The minimum absolute atomic E-state index is 0.310. The molecular formula is C15H23FN2O. The summed E-state index contributed by atoms with van der Waals surface area (Å²) in [5, 5.41) is 0. The summed E-state index contributed by atoms with van der Waals surface area (Å²) in [5.41, 5.74) is 7.35. The van der Waals surface area contributed by atoms with Crippen LogP contribution in [0.5, 0.6) is 5.75 Å². The van der Waals surface area contributed by atoms with Crippen LogP contribution < -0.4 is 15.4 Å². The van der Waals surface area contributed by atoms with Crippen molar-refractivity contribution in [3.63, 3.8) is 0 Å². The minimum atomic E-state index is -0.375. The number of ether oxygens (including phenoxy) is 1. The van der Waals surface area contributed by atoms with Crippen molar-refractivity contribution >= 4 is 11.4 Å². The van der Waals surface area contributed by atoms with Gasteiger partial charge in [0, 0.05) is 25.2 Å². The van der Waals surface area contributed by atoms with Crippen LogP contribution in [0.4, 0.5) is 15.8 Å². The van der Waals surface area contributed by atoms with E-state index in [1.807, 2.05) is 6.92 Å². The van der Waals surface area contributed by atoms with Gasteiger partial charge in [-0.3, -0.25) is 0 Å². The second-order valence-corrected chi connectivity index (χ2v) is 5.36. The zero-order valence-corrected chi connectivity index (χ0v) is 11.8. The van der Waals surface area contributed by atoms with Gasteiger partial charge >= 0.3 is 0 Å². The number of nitrogen functional groups attached to an aromatic ring is 1. The topological polar surface area (TPSA) is 38.5 Å². The average molecular weight is 266 g/mol. The monoisotopic (exact) mass is 266 g/mol. The molecule has 1 saturated heterocycles. The Kier molecular flexibility index (Phi) is 4.51. The molecule has 0 aliphatic carbocycles. The van der Waals surface area contributed by atoms with E-state index in [4.69, 9.17) is 10.5 Å². The second kappa shape index (κ2) is 6.13. The molecule has 3 nitrogen and oxygen atoms in total. The molecule has 0 amide bonds. The van der Waals surface area contributed by atoms with Gasteiger partial charge < -0.3 is 15.4 Å². The van der Waals surface area contributed by atoms with Crippen LogP contribution in [-0.4, -0.2) is 19.7 Å². The first-order chi connectivity index (χ1) is 9.11. The molecule has 0 spiro atoms. The zero-order chi connectivity index (χ0) is 13.8. The Hall–Kier alpha value is -1.45. The van der Waals surface area contributed by atoms with Crippen molar-refractivity contribution in [3.8, 4) is 5.75 Å². The highest BCUT2D eigenvalue weighted by Crippen LogP contribution is 2.33. The smallest absolute Gasteiger partial charge is 0.167 e. The lowest BCUT2D eigenvalue weighted by molar-refractivity contribution is 0.301. The summed E-state index contributed by atoms with van der Waals surface area (Å²) in [6, 6.07) is 3.12. The standard InChI is InChI=1S/C15H23FN2O/c1-3-8-19-15-10-14(13(17)9-12(15)16)18-6-4-11(2)5-7-18/h9-11H,3-8,17H2,1-2H3. The van der Waals surface area contributed by atoms with Crippen LogP contribution in [0.2, 0.25) is 0 Å². The fraction of sp³-hybridized carbons (Fsp3) is 0.600. The lowest BCUT2D eigenvalue weighted by Crippen LogP contribution is -2.33. The van der Waals surface area contributed by atoms with Crippen molar-refractivity contribution in [1.82, 2.24) is 0 Å². The number of nitrogens with two attached hydrogens (primary N) is 1. The number of anilines is 2. The predicted molar refractivity (Wildman–Crippen MR) is 77.2 cm³/mol. The summed E-state index contributed by atoms with van der Waals surface area (Å²) in [6.45, 7) is 6.75. The summed E-state index contributed by atoms with van der Waals surface area (Å²) in [5.74, 6) is 0.693. The number of hydrogen-bond donors (Lipinski definition) is 1. The predicted octanol–water partition coefficient (Wildman–Crippen LogP) is 3.43. The third-order valence-corrected chi connectivity index (χ3v) is 3.67. The molecule has 0 radical (unpaired) electrons. The number of benzene rings is 1. The fourth-order valence-corrected chi connectivity index (χ4v) is 2.40. The van der Waals surface area contributed by atoms with Crippen LogP contribution in [-0.2, 0) is 0 Å². The zero-order valence-electron chi connectivity index (χ0n) is 11.8. The number of hydrogen-bond acceptors (Lipinski definition) is 3. The molecule has 2 rings (SSSR count). The van der Waals surface area contributed by atoms with Gasteiger partial charge in [-0.25, -0.2) is 4.39 Å². The van der Waals surface area contributed by atoms with Crippen molar-refractivity contribution in [2.24, 2.45) is 5.92 Å². The molecule has 1 aliphatic heterocycles. The summed E-state index contributed by atoms with van der Waals surface area (Å²) in [7, 11) is 0. The van der Waals surface area contributed by atoms with Crippen LogP contribution >= 0.6 is 0 Å². The Bertz CT molecular complexity index is 428. The molecule has 0 unspecified atom stereocenters. The van der Waals surface area contributed by atoms with E-state index in [1.54, 1.807) is 6.07 Å². The van der Waals surface area contributed by atoms with Crippen molar-refractivity contribution in [1.29, 1.82) is 0 Å². The molecule has 1 aliphatic rings. The lowest BCUT2D eigenvalue weighted by Gasteiger charge is -2.33. The van der Waals surface area contributed by atoms with Gasteiger partial charge in [0.15, 0.2) is 11.6 Å². The van der Waals surface area contributed by atoms with Crippen LogP contribution in [0.25, 0.3) is 0 Å². The van der Waals surface area contributed by atoms with Gasteiger partial charge in [0.05, 0.1) is 18.0 Å². The molecule has 1 fully saturated rings. The van der Waals surface area contributed by atoms with Crippen molar-refractivity contribution < 1.29 is 9.13 Å². The molecule has 106 valence electrons. The molecule has 1 aromatic rings. The lowest BCUT2D eigenvalue weighted by atomic mass is 9.98. The Labute approximate surface area is 114 Å². The summed E-state index contributed by atoms with van der Waals surface area (Å²) in [4.78, 5) is 2.23. The third-order valence-electron chi connectivity index (χ3n) is 3.67. The van der Waals surface area contributed by atoms with E-state index in [0.717, 1.165) is 44.0 Å². The highest BCUT2D eigenvalue weighted by molar-refractivity contribution is 5.70. The van der Waals surface area contributed by atoms with E-state index in [1.165, 1.54) is 6.07 Å². The van der Waals surface area contributed by atoms with E-state index in [-0.39, 0.29) is 5.82 Å². The van der Waals surface area contributed by atoms with E-state index >= 15 is 0 Å². The van der Waals surface area contributed by atoms with Gasteiger partial charge in [0.1, 0.15) is 0 Å². The molecule has 1 heterocycles. The van der Waals surface area contributed by atoms with Crippen LogP contribution in [0.3, 0.4) is 0 Å². The van der Waals surface area contributed by atoms with Crippen LogP contribution in [0, 0.1) is 11.7 Å². The molecule has 0 saturated carbocycles. The molecule has 1 aromatic carbocycles. The summed E-state index contributed by atoms with van der Waals surface area (Å²) in [6.07, 6.45) is 3.17. The van der Waals surface area contributed by atoms with E-state index < -0.39 is 0 Å². The maximum Gasteiger partial charge on any atom is 0.167 e. The minimum Gasteiger partial charge on any atom is -0.490 e. The largest absolute Gasteiger partial charge is 0.490 e. The van der Waals surface area contributed by atoms with Gasteiger partial charge in [-0.2, -0.15) is 0 Å². The highest BCUT2D eigenvalue weighted by atomic mass is 19.1. The first kappa shape index (κ1) is 14.0. The average Bonchev–Trinajstić information content (AvgIpc) is 2.39. The Morgan fingerprint density at radius 1 is 1.37 bits per heavy atom. The van der Waals surface area contributed by atoms with Gasteiger partial charge in [-0.1, -0.05) is 13.8 Å². The van der Waals surface area contributed by atoms with E-state index in [0.29, 0.717) is 18.0 Å². The van der Waals surface area contributed by atoms with Gasteiger partial charge in [-0.15, -0.1) is 0 Å². The Morgan fingerprint density at radius 2 is 2.05 bits per heavy atom. The Morgan fingerprint density at radius 3 is 2.68 bits per heavy atom. The van der Waals surface area contributed by atoms with Gasteiger partial charge in [0.2, 0.25) is 0 Å². The fourth-order valence-electron chi connectivity index (χ4n) is 2.40. The van der Waals surface area contributed by atoms with Crippen molar-refractivity contribution in [2.45, 2.75) is 33.1 Å². The van der Waals surface area contributed by atoms with Gasteiger partial charge in [-0.05, 0) is 25.2 Å². The number of rotatable bonds is 4. The van der Waals surface area contributed by atoms with E-state index in [2.05, 4.69) is 11.8 Å². The maximum atomic E-state index is 13.8. The molecule has 0 atom stereocenters. The molecule has 19 heavy (non-hydrogen) atoms. The number of halogens is 1. The maximum absolute atomic E-state index is 13.8. The normalized spacial score (nSPS) is 16.7.